The van der Waals surface area contributed by atoms with Crippen LogP contribution in [0.5, 0.6) is 5.88 Å². The van der Waals surface area contributed by atoms with Gasteiger partial charge in [-0.15, -0.1) is 0 Å². The fourth-order valence-corrected chi connectivity index (χ4v) is 1.65. The van der Waals surface area contributed by atoms with Crippen LogP contribution in [0, 0.1) is 6.92 Å². The molecule has 0 bridgehead atoms. The minimum absolute atomic E-state index is 0.117. The van der Waals surface area contributed by atoms with E-state index in [1.54, 1.807) is 0 Å². The Kier molecular flexibility index (Phi) is 5.85. The van der Waals surface area contributed by atoms with Crippen molar-refractivity contribution in [3.63, 3.8) is 0 Å². The summed E-state index contributed by atoms with van der Waals surface area (Å²) in [5, 5.41) is 0. The summed E-state index contributed by atoms with van der Waals surface area (Å²) in [7, 11) is 0. The highest BCUT2D eigenvalue weighted by Gasteiger charge is 2.10. The molecule has 0 aliphatic rings. The Morgan fingerprint density at radius 3 is 2.67 bits per heavy atom. The second-order valence-corrected chi connectivity index (χ2v) is 4.54. The molecular weight excluding hydrogens is 228 g/mol. The molecule has 0 unspecified atom stereocenters. The van der Waals surface area contributed by atoms with Crippen molar-refractivity contribution in [1.82, 2.24) is 9.97 Å². The predicted molar refractivity (Wildman–Crippen MR) is 74.1 cm³/mol. The van der Waals surface area contributed by atoms with Crippen molar-refractivity contribution in [2.75, 3.05) is 24.5 Å². The Balaban J connectivity index is 2.88. The monoisotopic (exact) mass is 252 g/mol. The molecule has 0 amide bonds. The molecule has 0 fully saturated rings. The van der Waals surface area contributed by atoms with E-state index in [1.165, 1.54) is 0 Å². The SMILES string of the molecule is CCN(CCCN)c1nc(C)cc(OC(C)C)n1. The van der Waals surface area contributed by atoms with Gasteiger partial charge in [0.25, 0.3) is 0 Å². The minimum atomic E-state index is 0.117. The van der Waals surface area contributed by atoms with Crippen LogP contribution in [0.1, 0.15) is 32.9 Å². The molecule has 18 heavy (non-hydrogen) atoms. The quantitative estimate of drug-likeness (QED) is 0.801. The summed E-state index contributed by atoms with van der Waals surface area (Å²) in [6, 6.07) is 1.86. The zero-order valence-electron chi connectivity index (χ0n) is 11.8. The Morgan fingerprint density at radius 1 is 1.39 bits per heavy atom. The third kappa shape index (κ3) is 4.49. The first kappa shape index (κ1) is 14.7. The fraction of sp³-hybridized carbons (Fsp3) is 0.692. The lowest BCUT2D eigenvalue weighted by molar-refractivity contribution is 0.232. The molecule has 1 aromatic heterocycles. The second-order valence-electron chi connectivity index (χ2n) is 4.54. The van der Waals surface area contributed by atoms with Gasteiger partial charge in [-0.05, 0) is 40.7 Å². The van der Waals surface area contributed by atoms with Crippen LogP contribution in [0.2, 0.25) is 0 Å². The largest absolute Gasteiger partial charge is 0.475 e. The molecule has 0 aliphatic heterocycles. The molecule has 0 saturated carbocycles. The molecule has 0 atom stereocenters. The van der Waals surface area contributed by atoms with E-state index in [0.717, 1.165) is 31.2 Å². The summed E-state index contributed by atoms with van der Waals surface area (Å²) in [5.41, 5.74) is 6.46. The van der Waals surface area contributed by atoms with Gasteiger partial charge in [0.2, 0.25) is 11.8 Å². The van der Waals surface area contributed by atoms with Crippen LogP contribution in [-0.4, -0.2) is 35.7 Å². The van der Waals surface area contributed by atoms with Crippen molar-refractivity contribution < 1.29 is 4.74 Å². The molecule has 1 heterocycles. The molecule has 102 valence electrons. The maximum Gasteiger partial charge on any atom is 0.228 e. The van der Waals surface area contributed by atoms with E-state index in [9.17, 15) is 0 Å². The van der Waals surface area contributed by atoms with Crippen LogP contribution in [0.25, 0.3) is 0 Å². The van der Waals surface area contributed by atoms with Gasteiger partial charge < -0.3 is 15.4 Å². The van der Waals surface area contributed by atoms with E-state index in [-0.39, 0.29) is 6.10 Å². The van der Waals surface area contributed by atoms with E-state index >= 15 is 0 Å². The van der Waals surface area contributed by atoms with Crippen molar-refractivity contribution in [1.29, 1.82) is 0 Å². The van der Waals surface area contributed by atoms with E-state index in [4.69, 9.17) is 10.5 Å². The highest BCUT2D eigenvalue weighted by atomic mass is 16.5. The average molecular weight is 252 g/mol. The van der Waals surface area contributed by atoms with Crippen LogP contribution in [-0.2, 0) is 0 Å². The van der Waals surface area contributed by atoms with Gasteiger partial charge in [0, 0.05) is 24.8 Å². The third-order valence-corrected chi connectivity index (χ3v) is 2.47. The second kappa shape index (κ2) is 7.16. The van der Waals surface area contributed by atoms with Gasteiger partial charge in [0.1, 0.15) is 0 Å². The van der Waals surface area contributed by atoms with Crippen LogP contribution in [0.4, 0.5) is 5.95 Å². The molecular formula is C13H24N4O. The summed E-state index contributed by atoms with van der Waals surface area (Å²) in [5.74, 6) is 1.36. The molecule has 5 heteroatoms. The summed E-state index contributed by atoms with van der Waals surface area (Å²) in [6.45, 7) is 10.4. The van der Waals surface area contributed by atoms with E-state index in [0.29, 0.717) is 12.4 Å². The van der Waals surface area contributed by atoms with Crippen LogP contribution in [0.3, 0.4) is 0 Å². The molecule has 0 radical (unpaired) electrons. The number of hydrogen-bond acceptors (Lipinski definition) is 5. The topological polar surface area (TPSA) is 64.3 Å². The number of rotatable bonds is 7. The molecule has 0 aromatic carbocycles. The zero-order valence-corrected chi connectivity index (χ0v) is 11.8. The molecule has 0 spiro atoms. The minimum Gasteiger partial charge on any atom is -0.475 e. The molecule has 0 saturated heterocycles. The summed E-state index contributed by atoms with van der Waals surface area (Å²) >= 11 is 0. The molecule has 5 nitrogen and oxygen atoms in total. The van der Waals surface area contributed by atoms with Crippen LogP contribution >= 0.6 is 0 Å². The predicted octanol–water partition coefficient (Wildman–Crippen LogP) is 1.75. The van der Waals surface area contributed by atoms with Gasteiger partial charge in [-0.1, -0.05) is 0 Å². The van der Waals surface area contributed by atoms with Gasteiger partial charge in [-0.3, -0.25) is 0 Å². The molecule has 0 aliphatic carbocycles. The van der Waals surface area contributed by atoms with Gasteiger partial charge in [-0.2, -0.15) is 4.98 Å². The maximum absolute atomic E-state index is 5.63. The van der Waals surface area contributed by atoms with E-state index in [2.05, 4.69) is 21.8 Å². The smallest absolute Gasteiger partial charge is 0.228 e. The number of ether oxygens (including phenoxy) is 1. The fourth-order valence-electron chi connectivity index (χ4n) is 1.65. The number of hydrogen-bond donors (Lipinski definition) is 1. The Morgan fingerprint density at radius 2 is 2.11 bits per heavy atom. The lowest BCUT2D eigenvalue weighted by atomic mass is 10.4. The summed E-state index contributed by atoms with van der Waals surface area (Å²) < 4.78 is 5.63. The normalized spacial score (nSPS) is 10.8. The number of nitrogens with two attached hydrogens (primary N) is 1. The van der Waals surface area contributed by atoms with E-state index in [1.807, 2.05) is 26.8 Å². The number of aryl methyl sites for hydroxylation is 1. The standard InChI is InChI=1S/C13H24N4O/c1-5-17(8-6-7-14)13-15-11(4)9-12(16-13)18-10(2)3/h9-10H,5-8,14H2,1-4H3. The van der Waals surface area contributed by atoms with Gasteiger partial charge in [0.05, 0.1) is 6.10 Å². The lowest BCUT2D eigenvalue weighted by Crippen LogP contribution is -2.28. The first-order valence-electron chi connectivity index (χ1n) is 6.54. The van der Waals surface area contributed by atoms with Crippen molar-refractivity contribution in [3.8, 4) is 5.88 Å². The van der Waals surface area contributed by atoms with E-state index < -0.39 is 0 Å². The van der Waals surface area contributed by atoms with Gasteiger partial charge in [-0.25, -0.2) is 4.98 Å². The highest BCUT2D eigenvalue weighted by molar-refractivity contribution is 5.34. The summed E-state index contributed by atoms with van der Waals surface area (Å²) in [6.07, 6.45) is 1.05. The Bertz CT molecular complexity index is 368. The van der Waals surface area contributed by atoms with Crippen molar-refractivity contribution >= 4 is 5.95 Å². The van der Waals surface area contributed by atoms with Crippen molar-refractivity contribution in [3.05, 3.63) is 11.8 Å². The zero-order chi connectivity index (χ0) is 13.5. The first-order valence-corrected chi connectivity index (χ1v) is 6.54. The Labute approximate surface area is 109 Å². The third-order valence-electron chi connectivity index (χ3n) is 2.47. The van der Waals surface area contributed by atoms with Crippen molar-refractivity contribution in [2.24, 2.45) is 5.73 Å². The molecule has 2 N–H and O–H groups in total. The number of aromatic nitrogens is 2. The first-order chi connectivity index (χ1) is 8.56. The van der Waals surface area contributed by atoms with Crippen molar-refractivity contribution in [2.45, 2.75) is 40.2 Å². The average Bonchev–Trinajstić information content (AvgIpc) is 2.28. The highest BCUT2D eigenvalue weighted by Crippen LogP contribution is 2.16. The summed E-state index contributed by atoms with van der Waals surface area (Å²) in [4.78, 5) is 11.0. The van der Waals surface area contributed by atoms with Gasteiger partial charge in [0.15, 0.2) is 0 Å². The molecule has 1 rings (SSSR count). The molecule has 1 aromatic rings. The lowest BCUT2D eigenvalue weighted by Gasteiger charge is -2.21. The maximum atomic E-state index is 5.63. The Hall–Kier alpha value is -1.36. The number of anilines is 1. The van der Waals surface area contributed by atoms with Crippen LogP contribution in [0.15, 0.2) is 6.07 Å². The number of nitrogens with zero attached hydrogens (tertiary/aromatic N) is 3. The van der Waals surface area contributed by atoms with Crippen LogP contribution < -0.4 is 15.4 Å². The van der Waals surface area contributed by atoms with Gasteiger partial charge >= 0.3 is 0 Å².